The van der Waals surface area contributed by atoms with Crippen molar-refractivity contribution in [2.24, 2.45) is 5.73 Å². The van der Waals surface area contributed by atoms with Crippen molar-refractivity contribution in [3.05, 3.63) is 12.7 Å². The molecule has 0 aliphatic heterocycles. The van der Waals surface area contributed by atoms with Crippen LogP contribution in [0.4, 0.5) is 0 Å². The van der Waals surface area contributed by atoms with Gasteiger partial charge < -0.3 is 5.73 Å². The van der Waals surface area contributed by atoms with Crippen LogP contribution >= 0.6 is 0 Å². The Labute approximate surface area is 71.8 Å². The zero-order chi connectivity index (χ0) is 8.39. The zero-order valence-corrected chi connectivity index (χ0v) is 7.06. The molecule has 2 N–H and O–H groups in total. The van der Waals surface area contributed by atoms with Gasteiger partial charge in [-0.05, 0) is 12.8 Å². The van der Waals surface area contributed by atoms with Crippen LogP contribution in [-0.4, -0.2) is 20.8 Å². The van der Waals surface area contributed by atoms with E-state index in [1.165, 1.54) is 12.8 Å². The summed E-state index contributed by atoms with van der Waals surface area (Å²) in [5.74, 6) is 0. The first-order valence-corrected chi connectivity index (χ1v) is 4.47. The number of nitrogens with zero attached hydrogens (tertiary/aromatic N) is 3. The van der Waals surface area contributed by atoms with Crippen molar-refractivity contribution < 1.29 is 0 Å². The van der Waals surface area contributed by atoms with Gasteiger partial charge in [0, 0.05) is 6.04 Å². The third kappa shape index (κ3) is 1.34. The van der Waals surface area contributed by atoms with E-state index in [1.54, 1.807) is 12.7 Å². The second-order valence-corrected chi connectivity index (χ2v) is 3.39. The highest BCUT2D eigenvalue weighted by Crippen LogP contribution is 2.25. The average Bonchev–Trinajstić information content (AvgIpc) is 2.57. The minimum Gasteiger partial charge on any atom is -0.326 e. The molecule has 2 atom stereocenters. The number of rotatable bonds is 1. The Morgan fingerprint density at radius 2 is 2.17 bits per heavy atom. The second-order valence-electron chi connectivity index (χ2n) is 3.39. The first-order chi connectivity index (χ1) is 5.88. The fraction of sp³-hybridized carbons (Fsp3) is 0.750. The molecule has 0 bridgehead atoms. The van der Waals surface area contributed by atoms with Crippen molar-refractivity contribution in [3.8, 4) is 0 Å². The highest BCUT2D eigenvalue weighted by Gasteiger charge is 2.23. The van der Waals surface area contributed by atoms with Gasteiger partial charge in [-0.2, -0.15) is 5.10 Å². The van der Waals surface area contributed by atoms with E-state index in [0.717, 1.165) is 12.8 Å². The molecule has 2 rings (SSSR count). The van der Waals surface area contributed by atoms with Gasteiger partial charge in [-0.3, -0.25) is 0 Å². The maximum absolute atomic E-state index is 5.98. The average molecular weight is 166 g/mol. The molecule has 1 aliphatic carbocycles. The molecule has 4 heteroatoms. The highest BCUT2D eigenvalue weighted by atomic mass is 15.3. The molecule has 2 unspecified atom stereocenters. The van der Waals surface area contributed by atoms with Crippen LogP contribution in [0.1, 0.15) is 31.7 Å². The van der Waals surface area contributed by atoms with Crippen molar-refractivity contribution in [1.82, 2.24) is 14.8 Å². The Bertz CT molecular complexity index is 231. The van der Waals surface area contributed by atoms with Crippen LogP contribution in [0.2, 0.25) is 0 Å². The molecule has 1 saturated carbocycles. The third-order valence-corrected chi connectivity index (χ3v) is 2.56. The van der Waals surface area contributed by atoms with Crippen molar-refractivity contribution in [2.45, 2.75) is 37.8 Å². The molecule has 12 heavy (non-hydrogen) atoms. The lowest BCUT2D eigenvalue weighted by atomic mass is 9.91. The number of aromatic nitrogens is 3. The maximum atomic E-state index is 5.98. The molecular weight excluding hydrogens is 152 g/mol. The van der Waals surface area contributed by atoms with Crippen LogP contribution in [0.5, 0.6) is 0 Å². The SMILES string of the molecule is NC1CCCCC1n1cncn1. The summed E-state index contributed by atoms with van der Waals surface area (Å²) in [6.07, 6.45) is 8.11. The molecule has 0 radical (unpaired) electrons. The molecule has 0 aromatic carbocycles. The standard InChI is InChI=1S/C8H14N4/c9-7-3-1-2-4-8(7)12-6-10-5-11-12/h5-8H,1-4,9H2. The molecular formula is C8H14N4. The molecule has 1 aromatic heterocycles. The number of nitrogens with two attached hydrogens (primary N) is 1. The summed E-state index contributed by atoms with van der Waals surface area (Å²) >= 11 is 0. The first-order valence-electron chi connectivity index (χ1n) is 4.47. The summed E-state index contributed by atoms with van der Waals surface area (Å²) in [5, 5.41) is 4.12. The quantitative estimate of drug-likeness (QED) is 0.668. The van der Waals surface area contributed by atoms with Crippen molar-refractivity contribution >= 4 is 0 Å². The van der Waals surface area contributed by atoms with Crippen LogP contribution in [-0.2, 0) is 0 Å². The number of hydrogen-bond donors (Lipinski definition) is 1. The van der Waals surface area contributed by atoms with Crippen molar-refractivity contribution in [1.29, 1.82) is 0 Å². The van der Waals surface area contributed by atoms with Gasteiger partial charge in [0.25, 0.3) is 0 Å². The molecule has 0 spiro atoms. The topological polar surface area (TPSA) is 56.7 Å². The van der Waals surface area contributed by atoms with Gasteiger partial charge in [0.15, 0.2) is 0 Å². The minimum absolute atomic E-state index is 0.264. The van der Waals surface area contributed by atoms with Crippen molar-refractivity contribution in [3.63, 3.8) is 0 Å². The van der Waals surface area contributed by atoms with E-state index in [4.69, 9.17) is 5.73 Å². The van der Waals surface area contributed by atoms with Crippen molar-refractivity contribution in [2.75, 3.05) is 0 Å². The van der Waals surface area contributed by atoms with Gasteiger partial charge in [0.1, 0.15) is 12.7 Å². The fourth-order valence-corrected chi connectivity index (χ4v) is 1.86. The lowest BCUT2D eigenvalue weighted by Gasteiger charge is -2.28. The van der Waals surface area contributed by atoms with Crippen LogP contribution in [0.3, 0.4) is 0 Å². The van der Waals surface area contributed by atoms with Gasteiger partial charge in [-0.25, -0.2) is 9.67 Å². The van der Waals surface area contributed by atoms with Crippen LogP contribution < -0.4 is 5.73 Å². The highest BCUT2D eigenvalue weighted by molar-refractivity contribution is 4.82. The molecule has 1 aliphatic rings. The molecule has 1 aromatic rings. The molecule has 0 saturated heterocycles. The summed E-state index contributed by atoms with van der Waals surface area (Å²) < 4.78 is 1.89. The third-order valence-electron chi connectivity index (χ3n) is 2.56. The Hall–Kier alpha value is -0.900. The van der Waals surface area contributed by atoms with Crippen LogP contribution in [0, 0.1) is 0 Å². The normalized spacial score (nSPS) is 30.4. The van der Waals surface area contributed by atoms with E-state index >= 15 is 0 Å². The van der Waals surface area contributed by atoms with Gasteiger partial charge in [-0.1, -0.05) is 12.8 Å². The lowest BCUT2D eigenvalue weighted by Crippen LogP contribution is -2.35. The van der Waals surface area contributed by atoms with Gasteiger partial charge in [0.2, 0.25) is 0 Å². The maximum Gasteiger partial charge on any atom is 0.137 e. The largest absolute Gasteiger partial charge is 0.326 e. The van der Waals surface area contributed by atoms with Crippen LogP contribution in [0.25, 0.3) is 0 Å². The smallest absolute Gasteiger partial charge is 0.137 e. The Kier molecular flexibility index (Phi) is 2.08. The Morgan fingerprint density at radius 3 is 2.83 bits per heavy atom. The molecule has 1 fully saturated rings. The van der Waals surface area contributed by atoms with E-state index in [9.17, 15) is 0 Å². The molecule has 4 nitrogen and oxygen atoms in total. The van der Waals surface area contributed by atoms with E-state index in [-0.39, 0.29) is 6.04 Å². The van der Waals surface area contributed by atoms with Gasteiger partial charge >= 0.3 is 0 Å². The minimum atomic E-state index is 0.264. The summed E-state index contributed by atoms with van der Waals surface area (Å²) in [7, 11) is 0. The van der Waals surface area contributed by atoms with E-state index in [2.05, 4.69) is 10.1 Å². The van der Waals surface area contributed by atoms with E-state index < -0.39 is 0 Å². The summed E-state index contributed by atoms with van der Waals surface area (Å²) in [6.45, 7) is 0. The molecule has 0 amide bonds. The number of hydrogen-bond acceptors (Lipinski definition) is 3. The predicted octanol–water partition coefficient (Wildman–Crippen LogP) is 0.720. The second kappa shape index (κ2) is 3.23. The van der Waals surface area contributed by atoms with Crippen LogP contribution in [0.15, 0.2) is 12.7 Å². The lowest BCUT2D eigenvalue weighted by molar-refractivity contribution is 0.286. The summed E-state index contributed by atoms with van der Waals surface area (Å²) in [4.78, 5) is 3.93. The zero-order valence-electron chi connectivity index (χ0n) is 7.06. The summed E-state index contributed by atoms with van der Waals surface area (Å²) in [5.41, 5.74) is 5.98. The molecule has 66 valence electrons. The predicted molar refractivity (Wildman–Crippen MR) is 45.5 cm³/mol. The Morgan fingerprint density at radius 1 is 1.33 bits per heavy atom. The molecule has 1 heterocycles. The van der Waals surface area contributed by atoms with Gasteiger partial charge in [-0.15, -0.1) is 0 Å². The van der Waals surface area contributed by atoms with E-state index in [0.29, 0.717) is 6.04 Å². The van der Waals surface area contributed by atoms with E-state index in [1.807, 2.05) is 4.68 Å². The fourth-order valence-electron chi connectivity index (χ4n) is 1.86. The first kappa shape index (κ1) is 7.73. The summed E-state index contributed by atoms with van der Waals surface area (Å²) in [6, 6.07) is 0.640. The Balaban J connectivity index is 2.11. The monoisotopic (exact) mass is 166 g/mol. The van der Waals surface area contributed by atoms with Gasteiger partial charge in [0.05, 0.1) is 6.04 Å².